The summed E-state index contributed by atoms with van der Waals surface area (Å²) in [6.07, 6.45) is 0. The molecule has 98 valence electrons. The van der Waals surface area contributed by atoms with Gasteiger partial charge in [-0.25, -0.2) is 0 Å². The van der Waals surface area contributed by atoms with Gasteiger partial charge in [-0.2, -0.15) is 0 Å². The van der Waals surface area contributed by atoms with Crippen LogP contribution in [-0.2, 0) is 0 Å². The number of ether oxygens (including phenoxy) is 1. The Morgan fingerprint density at radius 3 is 2.74 bits per heavy atom. The fourth-order valence-corrected chi connectivity index (χ4v) is 1.71. The van der Waals surface area contributed by atoms with Crippen LogP contribution >= 0.6 is 0 Å². The van der Waals surface area contributed by atoms with Crippen LogP contribution in [0.5, 0.6) is 5.75 Å². The molecule has 0 bridgehead atoms. The number of hydrogen-bond acceptors (Lipinski definition) is 3. The van der Waals surface area contributed by atoms with Gasteiger partial charge in [-0.05, 0) is 37.3 Å². The summed E-state index contributed by atoms with van der Waals surface area (Å²) in [5, 5.41) is 2.81. The van der Waals surface area contributed by atoms with Crippen molar-refractivity contribution < 1.29 is 9.53 Å². The van der Waals surface area contributed by atoms with Crippen molar-refractivity contribution in [3.8, 4) is 5.75 Å². The van der Waals surface area contributed by atoms with E-state index in [0.717, 1.165) is 5.75 Å². The number of carbonyl (C=O) groups excluding carboxylic acids is 1. The molecule has 0 aliphatic carbocycles. The van der Waals surface area contributed by atoms with Gasteiger partial charge < -0.3 is 15.8 Å². The Hall–Kier alpha value is -2.49. The fraction of sp³-hybridized carbons (Fsp3) is 0.133. The summed E-state index contributed by atoms with van der Waals surface area (Å²) in [5.74, 6) is 0.536. The van der Waals surface area contributed by atoms with Gasteiger partial charge in [0.05, 0.1) is 6.61 Å². The molecule has 1 amide bonds. The molecule has 0 heterocycles. The average Bonchev–Trinajstić information content (AvgIpc) is 2.39. The molecule has 0 unspecified atom stereocenters. The monoisotopic (exact) mass is 256 g/mol. The third kappa shape index (κ3) is 3.48. The van der Waals surface area contributed by atoms with Gasteiger partial charge in [0.1, 0.15) is 5.75 Å². The third-order valence-corrected chi connectivity index (χ3v) is 2.55. The summed E-state index contributed by atoms with van der Waals surface area (Å²) in [6.45, 7) is 2.50. The van der Waals surface area contributed by atoms with Crippen molar-refractivity contribution in [2.75, 3.05) is 17.7 Å². The van der Waals surface area contributed by atoms with Gasteiger partial charge in [0, 0.05) is 23.0 Å². The predicted molar refractivity (Wildman–Crippen MR) is 76.4 cm³/mol. The molecular weight excluding hydrogens is 240 g/mol. The van der Waals surface area contributed by atoms with Crippen LogP contribution in [0.15, 0.2) is 48.5 Å². The normalized spacial score (nSPS) is 9.95. The zero-order valence-electron chi connectivity index (χ0n) is 10.7. The molecule has 4 nitrogen and oxygen atoms in total. The number of rotatable bonds is 4. The zero-order chi connectivity index (χ0) is 13.7. The Morgan fingerprint density at radius 2 is 2.00 bits per heavy atom. The second kappa shape index (κ2) is 5.91. The molecule has 0 fully saturated rings. The van der Waals surface area contributed by atoms with Crippen molar-refractivity contribution in [3.05, 3.63) is 54.1 Å². The van der Waals surface area contributed by atoms with E-state index in [1.165, 1.54) is 0 Å². The number of hydrogen-bond donors (Lipinski definition) is 2. The highest BCUT2D eigenvalue weighted by Gasteiger charge is 2.06. The highest BCUT2D eigenvalue weighted by Crippen LogP contribution is 2.18. The first kappa shape index (κ1) is 13.0. The lowest BCUT2D eigenvalue weighted by Gasteiger charge is -2.08. The van der Waals surface area contributed by atoms with Gasteiger partial charge in [0.2, 0.25) is 0 Å². The minimum atomic E-state index is -0.194. The smallest absolute Gasteiger partial charge is 0.255 e. The van der Waals surface area contributed by atoms with E-state index in [0.29, 0.717) is 23.5 Å². The Bertz CT molecular complexity index is 582. The third-order valence-electron chi connectivity index (χ3n) is 2.55. The van der Waals surface area contributed by atoms with Gasteiger partial charge in [0.15, 0.2) is 0 Å². The number of benzene rings is 2. The second-order valence-corrected chi connectivity index (χ2v) is 4.04. The van der Waals surface area contributed by atoms with Crippen LogP contribution in [0.3, 0.4) is 0 Å². The molecule has 0 saturated heterocycles. The molecule has 0 aliphatic rings. The molecule has 3 N–H and O–H groups in total. The number of amides is 1. The summed E-state index contributed by atoms with van der Waals surface area (Å²) in [4.78, 5) is 12.0. The molecule has 2 rings (SSSR count). The summed E-state index contributed by atoms with van der Waals surface area (Å²) in [7, 11) is 0. The summed E-state index contributed by atoms with van der Waals surface area (Å²) in [5.41, 5.74) is 7.44. The zero-order valence-corrected chi connectivity index (χ0v) is 10.7. The molecule has 0 aromatic heterocycles. The maximum absolute atomic E-state index is 12.0. The summed E-state index contributed by atoms with van der Waals surface area (Å²) in [6, 6.07) is 14.1. The van der Waals surface area contributed by atoms with E-state index in [2.05, 4.69) is 5.32 Å². The molecule has 0 atom stereocenters. The van der Waals surface area contributed by atoms with Crippen LogP contribution < -0.4 is 15.8 Å². The highest BCUT2D eigenvalue weighted by molar-refractivity contribution is 6.04. The molecule has 0 aliphatic heterocycles. The van der Waals surface area contributed by atoms with Gasteiger partial charge in [-0.1, -0.05) is 12.1 Å². The molecule has 4 heteroatoms. The molecular formula is C15H16N2O2. The van der Waals surface area contributed by atoms with Crippen molar-refractivity contribution in [1.82, 2.24) is 0 Å². The molecule has 2 aromatic rings. The minimum Gasteiger partial charge on any atom is -0.494 e. The quantitative estimate of drug-likeness (QED) is 0.827. The number of nitrogens with one attached hydrogen (secondary N) is 1. The van der Waals surface area contributed by atoms with Crippen molar-refractivity contribution in [2.45, 2.75) is 6.92 Å². The van der Waals surface area contributed by atoms with Crippen LogP contribution in [0.4, 0.5) is 11.4 Å². The molecule has 0 radical (unpaired) electrons. The van der Waals surface area contributed by atoms with E-state index in [9.17, 15) is 4.79 Å². The van der Waals surface area contributed by atoms with Crippen molar-refractivity contribution in [1.29, 1.82) is 0 Å². The van der Waals surface area contributed by atoms with Crippen LogP contribution in [0.25, 0.3) is 0 Å². The Kier molecular flexibility index (Phi) is 4.03. The van der Waals surface area contributed by atoms with Crippen molar-refractivity contribution in [3.63, 3.8) is 0 Å². The van der Waals surface area contributed by atoms with Crippen molar-refractivity contribution >= 4 is 17.3 Å². The largest absolute Gasteiger partial charge is 0.494 e. The summed E-state index contributed by atoms with van der Waals surface area (Å²) >= 11 is 0. The van der Waals surface area contributed by atoms with E-state index in [1.54, 1.807) is 30.3 Å². The number of anilines is 2. The van der Waals surface area contributed by atoms with E-state index in [-0.39, 0.29) is 5.91 Å². The van der Waals surface area contributed by atoms with Crippen LogP contribution in [0, 0.1) is 0 Å². The lowest BCUT2D eigenvalue weighted by molar-refractivity contribution is 0.102. The molecule has 0 saturated carbocycles. The minimum absolute atomic E-state index is 0.194. The average molecular weight is 256 g/mol. The van der Waals surface area contributed by atoms with Crippen LogP contribution in [-0.4, -0.2) is 12.5 Å². The first-order chi connectivity index (χ1) is 9.19. The Morgan fingerprint density at radius 1 is 1.21 bits per heavy atom. The van der Waals surface area contributed by atoms with E-state index in [1.807, 2.05) is 25.1 Å². The van der Waals surface area contributed by atoms with Gasteiger partial charge in [-0.15, -0.1) is 0 Å². The van der Waals surface area contributed by atoms with Crippen molar-refractivity contribution in [2.24, 2.45) is 0 Å². The molecule has 2 aromatic carbocycles. The Balaban J connectivity index is 2.12. The first-order valence-corrected chi connectivity index (χ1v) is 6.09. The topological polar surface area (TPSA) is 64.3 Å². The number of nitrogens with two attached hydrogens (primary N) is 1. The lowest BCUT2D eigenvalue weighted by Crippen LogP contribution is -2.12. The van der Waals surface area contributed by atoms with Gasteiger partial charge in [-0.3, -0.25) is 4.79 Å². The standard InChI is InChI=1S/C15H16N2O2/c1-2-19-14-8-4-7-13(10-14)17-15(18)11-5-3-6-12(16)9-11/h3-10H,2,16H2,1H3,(H,17,18). The maximum atomic E-state index is 12.0. The summed E-state index contributed by atoms with van der Waals surface area (Å²) < 4.78 is 5.38. The van der Waals surface area contributed by atoms with Crippen LogP contribution in [0.1, 0.15) is 17.3 Å². The molecule has 19 heavy (non-hydrogen) atoms. The fourth-order valence-electron chi connectivity index (χ4n) is 1.71. The van der Waals surface area contributed by atoms with Gasteiger partial charge in [0.25, 0.3) is 5.91 Å². The number of nitrogen functional groups attached to an aromatic ring is 1. The first-order valence-electron chi connectivity index (χ1n) is 6.09. The van der Waals surface area contributed by atoms with Crippen LogP contribution in [0.2, 0.25) is 0 Å². The molecule has 0 spiro atoms. The Labute approximate surface area is 112 Å². The highest BCUT2D eigenvalue weighted by atomic mass is 16.5. The lowest BCUT2D eigenvalue weighted by atomic mass is 10.2. The number of carbonyl (C=O) groups is 1. The predicted octanol–water partition coefficient (Wildman–Crippen LogP) is 2.92. The van der Waals surface area contributed by atoms with E-state index >= 15 is 0 Å². The second-order valence-electron chi connectivity index (χ2n) is 4.04. The van der Waals surface area contributed by atoms with Gasteiger partial charge >= 0.3 is 0 Å². The van der Waals surface area contributed by atoms with E-state index < -0.39 is 0 Å². The maximum Gasteiger partial charge on any atom is 0.255 e. The van der Waals surface area contributed by atoms with E-state index in [4.69, 9.17) is 10.5 Å². The SMILES string of the molecule is CCOc1cccc(NC(=O)c2cccc(N)c2)c1.